The van der Waals surface area contributed by atoms with E-state index in [9.17, 15) is 9.90 Å². The SMILES string of the molecule is CCCCn1nc(C(C)C)nc1Cc1ccc(-c2ccccc2C(=O)O)cc1. The first-order valence-electron chi connectivity index (χ1n) is 9.84. The molecule has 146 valence electrons. The fourth-order valence-electron chi connectivity index (χ4n) is 3.16. The fraction of sp³-hybridized carbons (Fsp3) is 0.348. The van der Waals surface area contributed by atoms with Crippen molar-refractivity contribution in [3.63, 3.8) is 0 Å². The molecule has 5 nitrogen and oxygen atoms in total. The first-order chi connectivity index (χ1) is 13.5. The van der Waals surface area contributed by atoms with E-state index >= 15 is 0 Å². The molecule has 0 unspecified atom stereocenters. The van der Waals surface area contributed by atoms with Crippen molar-refractivity contribution in [2.75, 3.05) is 0 Å². The Balaban J connectivity index is 1.84. The molecule has 5 heteroatoms. The smallest absolute Gasteiger partial charge is 0.336 e. The molecule has 3 rings (SSSR count). The molecule has 3 aromatic rings. The Labute approximate surface area is 166 Å². The number of carboxylic acid groups (broad SMARTS) is 1. The van der Waals surface area contributed by atoms with Crippen molar-refractivity contribution in [2.45, 2.75) is 52.5 Å². The van der Waals surface area contributed by atoms with Crippen LogP contribution in [0.3, 0.4) is 0 Å². The van der Waals surface area contributed by atoms with Crippen LogP contribution in [0.2, 0.25) is 0 Å². The Morgan fingerprint density at radius 1 is 1.11 bits per heavy atom. The van der Waals surface area contributed by atoms with E-state index in [1.807, 2.05) is 41.1 Å². The third-order valence-corrected chi connectivity index (χ3v) is 4.79. The standard InChI is InChI=1S/C23H27N3O2/c1-4-5-14-26-21(24-22(25-26)16(2)3)15-17-10-12-18(13-11-17)19-8-6-7-9-20(19)23(27)28/h6-13,16H,4-5,14-15H2,1-3H3,(H,27,28). The number of benzene rings is 2. The summed E-state index contributed by atoms with van der Waals surface area (Å²) in [5.41, 5.74) is 3.08. The van der Waals surface area contributed by atoms with Crippen molar-refractivity contribution in [2.24, 2.45) is 0 Å². The molecule has 0 radical (unpaired) electrons. The second-order valence-corrected chi connectivity index (χ2v) is 7.34. The van der Waals surface area contributed by atoms with Gasteiger partial charge in [-0.3, -0.25) is 0 Å². The van der Waals surface area contributed by atoms with Crippen LogP contribution in [-0.2, 0) is 13.0 Å². The molecule has 0 saturated carbocycles. The third-order valence-electron chi connectivity index (χ3n) is 4.79. The molecule has 0 saturated heterocycles. The lowest BCUT2D eigenvalue weighted by Gasteiger charge is -2.08. The maximum absolute atomic E-state index is 11.5. The molecule has 0 aliphatic rings. The Hall–Kier alpha value is -2.95. The molecule has 0 spiro atoms. The van der Waals surface area contributed by atoms with Crippen molar-refractivity contribution in [3.8, 4) is 11.1 Å². The minimum atomic E-state index is -0.912. The Morgan fingerprint density at radius 3 is 2.46 bits per heavy atom. The molecule has 0 aliphatic heterocycles. The number of carboxylic acids is 1. The van der Waals surface area contributed by atoms with Crippen LogP contribution in [0.15, 0.2) is 48.5 Å². The van der Waals surface area contributed by atoms with Crippen LogP contribution in [0.4, 0.5) is 0 Å². The van der Waals surface area contributed by atoms with Gasteiger partial charge in [-0.15, -0.1) is 0 Å². The van der Waals surface area contributed by atoms with Gasteiger partial charge in [0, 0.05) is 18.9 Å². The zero-order chi connectivity index (χ0) is 20.1. The summed E-state index contributed by atoms with van der Waals surface area (Å²) in [5, 5.41) is 14.1. The molecule has 0 atom stereocenters. The highest BCUT2D eigenvalue weighted by molar-refractivity contribution is 5.95. The normalized spacial score (nSPS) is 11.1. The second-order valence-electron chi connectivity index (χ2n) is 7.34. The van der Waals surface area contributed by atoms with Crippen LogP contribution in [0.1, 0.15) is 67.1 Å². The number of rotatable bonds is 8. The van der Waals surface area contributed by atoms with Gasteiger partial charge < -0.3 is 5.11 Å². The first kappa shape index (κ1) is 19.8. The number of aromatic nitrogens is 3. The lowest BCUT2D eigenvalue weighted by molar-refractivity contribution is 0.0697. The van der Waals surface area contributed by atoms with Gasteiger partial charge in [-0.25, -0.2) is 14.5 Å². The van der Waals surface area contributed by atoms with Gasteiger partial charge in [-0.1, -0.05) is 69.7 Å². The van der Waals surface area contributed by atoms with Crippen LogP contribution < -0.4 is 0 Å². The van der Waals surface area contributed by atoms with Gasteiger partial charge in [0.2, 0.25) is 0 Å². The largest absolute Gasteiger partial charge is 0.478 e. The summed E-state index contributed by atoms with van der Waals surface area (Å²) in [6.45, 7) is 7.28. The number of unbranched alkanes of at least 4 members (excludes halogenated alkanes) is 1. The van der Waals surface area contributed by atoms with E-state index in [1.54, 1.807) is 12.1 Å². The minimum Gasteiger partial charge on any atom is -0.478 e. The van der Waals surface area contributed by atoms with E-state index in [2.05, 4.69) is 25.9 Å². The van der Waals surface area contributed by atoms with Crippen LogP contribution in [0, 0.1) is 0 Å². The van der Waals surface area contributed by atoms with Crippen molar-refractivity contribution < 1.29 is 9.90 Å². The van der Waals surface area contributed by atoms with Gasteiger partial charge in [-0.05, 0) is 29.2 Å². The average Bonchev–Trinajstić information content (AvgIpc) is 3.10. The van der Waals surface area contributed by atoms with E-state index in [-0.39, 0.29) is 0 Å². The van der Waals surface area contributed by atoms with Gasteiger partial charge in [-0.2, -0.15) is 5.10 Å². The summed E-state index contributed by atoms with van der Waals surface area (Å²) in [4.78, 5) is 16.2. The number of aryl methyl sites for hydroxylation is 1. The van der Waals surface area contributed by atoms with E-state index < -0.39 is 5.97 Å². The van der Waals surface area contributed by atoms with Crippen molar-refractivity contribution >= 4 is 5.97 Å². The second kappa shape index (κ2) is 8.83. The predicted octanol–water partition coefficient (Wildman–Crippen LogP) is 5.16. The van der Waals surface area contributed by atoms with E-state index in [4.69, 9.17) is 4.98 Å². The Bertz CT molecular complexity index is 943. The van der Waals surface area contributed by atoms with Gasteiger partial charge in [0.05, 0.1) is 5.56 Å². The summed E-state index contributed by atoms with van der Waals surface area (Å²) in [5.74, 6) is 1.26. The highest BCUT2D eigenvalue weighted by atomic mass is 16.4. The maximum Gasteiger partial charge on any atom is 0.336 e. The molecule has 28 heavy (non-hydrogen) atoms. The quantitative estimate of drug-likeness (QED) is 0.589. The lowest BCUT2D eigenvalue weighted by Crippen LogP contribution is -2.06. The van der Waals surface area contributed by atoms with Gasteiger partial charge in [0.15, 0.2) is 5.82 Å². The van der Waals surface area contributed by atoms with Crippen molar-refractivity contribution in [1.82, 2.24) is 14.8 Å². The van der Waals surface area contributed by atoms with E-state index in [0.717, 1.165) is 47.7 Å². The average molecular weight is 377 g/mol. The highest BCUT2D eigenvalue weighted by Gasteiger charge is 2.14. The van der Waals surface area contributed by atoms with Gasteiger partial charge in [0.1, 0.15) is 5.82 Å². The number of carbonyl (C=O) groups is 1. The highest BCUT2D eigenvalue weighted by Crippen LogP contribution is 2.25. The van der Waals surface area contributed by atoms with Gasteiger partial charge in [0.25, 0.3) is 0 Å². The van der Waals surface area contributed by atoms with Crippen molar-refractivity contribution in [3.05, 3.63) is 71.3 Å². The van der Waals surface area contributed by atoms with E-state index in [1.165, 1.54) is 0 Å². The molecule has 0 amide bonds. The molecule has 1 aromatic heterocycles. The summed E-state index contributed by atoms with van der Waals surface area (Å²) >= 11 is 0. The molecular weight excluding hydrogens is 350 g/mol. The maximum atomic E-state index is 11.5. The molecule has 2 aromatic carbocycles. The minimum absolute atomic E-state index is 0.302. The van der Waals surface area contributed by atoms with E-state index in [0.29, 0.717) is 17.9 Å². The topological polar surface area (TPSA) is 68.0 Å². The molecule has 0 fully saturated rings. The fourth-order valence-corrected chi connectivity index (χ4v) is 3.16. The zero-order valence-electron chi connectivity index (χ0n) is 16.7. The number of hydrogen-bond acceptors (Lipinski definition) is 3. The molecule has 0 bridgehead atoms. The molecular formula is C23H27N3O2. The first-order valence-corrected chi connectivity index (χ1v) is 9.84. The monoisotopic (exact) mass is 377 g/mol. The zero-order valence-corrected chi connectivity index (χ0v) is 16.7. The van der Waals surface area contributed by atoms with Crippen LogP contribution >= 0.6 is 0 Å². The predicted molar refractivity (Wildman–Crippen MR) is 111 cm³/mol. The van der Waals surface area contributed by atoms with Crippen LogP contribution in [0.5, 0.6) is 0 Å². The number of hydrogen-bond donors (Lipinski definition) is 1. The van der Waals surface area contributed by atoms with Crippen LogP contribution in [0.25, 0.3) is 11.1 Å². The van der Waals surface area contributed by atoms with Gasteiger partial charge >= 0.3 is 5.97 Å². The third kappa shape index (κ3) is 4.47. The number of nitrogens with zero attached hydrogens (tertiary/aromatic N) is 3. The van der Waals surface area contributed by atoms with Crippen LogP contribution in [-0.4, -0.2) is 25.8 Å². The number of aromatic carboxylic acids is 1. The lowest BCUT2D eigenvalue weighted by atomic mass is 9.98. The summed E-state index contributed by atoms with van der Waals surface area (Å²) in [6, 6.07) is 15.1. The molecule has 1 heterocycles. The summed E-state index contributed by atoms with van der Waals surface area (Å²) < 4.78 is 2.03. The summed E-state index contributed by atoms with van der Waals surface area (Å²) in [7, 11) is 0. The Kier molecular flexibility index (Phi) is 6.24. The van der Waals surface area contributed by atoms with Crippen molar-refractivity contribution in [1.29, 1.82) is 0 Å². The molecule has 0 aliphatic carbocycles. The molecule has 1 N–H and O–H groups in total. The summed E-state index contributed by atoms with van der Waals surface area (Å²) in [6.07, 6.45) is 2.91. The Morgan fingerprint density at radius 2 is 1.82 bits per heavy atom.